The van der Waals surface area contributed by atoms with Gasteiger partial charge in [-0.3, -0.25) is 0 Å². The number of fused-ring (bicyclic) bond motifs is 1. The van der Waals surface area contributed by atoms with E-state index in [4.69, 9.17) is 21.1 Å². The first-order valence-corrected chi connectivity index (χ1v) is 13.2. The van der Waals surface area contributed by atoms with E-state index in [2.05, 4.69) is 15.1 Å². The third kappa shape index (κ3) is 5.87. The summed E-state index contributed by atoms with van der Waals surface area (Å²) in [5.74, 6) is -2.61. The molecule has 0 fully saturated rings. The highest BCUT2D eigenvalue weighted by Gasteiger charge is 2.26. The summed E-state index contributed by atoms with van der Waals surface area (Å²) in [7, 11) is -1.01. The zero-order valence-electron chi connectivity index (χ0n) is 20.3. The van der Waals surface area contributed by atoms with E-state index in [1.807, 2.05) is 6.92 Å². The second-order valence-electron chi connectivity index (χ2n) is 8.23. The molecule has 0 N–H and O–H groups in total. The molecule has 0 aliphatic heterocycles. The van der Waals surface area contributed by atoms with Crippen LogP contribution in [0.1, 0.15) is 19.0 Å². The molecule has 2 heterocycles. The van der Waals surface area contributed by atoms with Crippen LogP contribution in [-0.4, -0.2) is 53.2 Å². The summed E-state index contributed by atoms with van der Waals surface area (Å²) in [6.07, 6.45) is 0.760. The summed E-state index contributed by atoms with van der Waals surface area (Å²) in [5, 5.41) is 5.33. The summed E-state index contributed by atoms with van der Waals surface area (Å²) in [6.45, 7) is 2.39. The first-order valence-electron chi connectivity index (χ1n) is 11.2. The predicted molar refractivity (Wildman–Crippen MR) is 135 cm³/mol. The number of rotatable bonds is 10. The molecule has 9 nitrogen and oxygen atoms in total. The number of ether oxygens (including phenoxy) is 2. The highest BCUT2D eigenvalue weighted by Crippen LogP contribution is 2.36. The average Bonchev–Trinajstić information content (AvgIpc) is 3.19. The van der Waals surface area contributed by atoms with Gasteiger partial charge in [-0.2, -0.15) is 15.1 Å². The van der Waals surface area contributed by atoms with Crippen molar-refractivity contribution in [2.45, 2.75) is 25.8 Å². The Bertz CT molecular complexity index is 1550. The van der Waals surface area contributed by atoms with Crippen LogP contribution in [0, 0.1) is 11.6 Å². The zero-order valence-corrected chi connectivity index (χ0v) is 21.9. The van der Waals surface area contributed by atoms with Crippen molar-refractivity contribution in [2.75, 3.05) is 20.7 Å². The van der Waals surface area contributed by atoms with E-state index < -0.39 is 27.4 Å². The number of benzene rings is 2. The van der Waals surface area contributed by atoms with Crippen LogP contribution in [0.5, 0.6) is 11.8 Å². The monoisotopic (exact) mass is 551 g/mol. The van der Waals surface area contributed by atoms with Crippen molar-refractivity contribution in [3.63, 3.8) is 0 Å². The van der Waals surface area contributed by atoms with Crippen molar-refractivity contribution >= 4 is 32.7 Å². The maximum absolute atomic E-state index is 14.3. The molecule has 0 saturated carbocycles. The Morgan fingerprint density at radius 2 is 1.86 bits per heavy atom. The van der Waals surface area contributed by atoms with Gasteiger partial charge >= 0.3 is 6.01 Å². The molecule has 196 valence electrons. The lowest BCUT2D eigenvalue weighted by Crippen LogP contribution is -2.24. The summed E-state index contributed by atoms with van der Waals surface area (Å²) in [6, 6.07) is 9.37. The number of halogens is 3. The van der Waals surface area contributed by atoms with Gasteiger partial charge in [0.25, 0.3) is 0 Å². The van der Waals surface area contributed by atoms with Crippen LogP contribution in [0.3, 0.4) is 0 Å². The van der Waals surface area contributed by atoms with E-state index in [9.17, 15) is 17.2 Å². The SMILES string of the molecule is CCCOCn1nc(-c2ccccc2Cl)c2c(CS(=O)(=O)N(C)C)nc(Oc3ccc(F)cc3F)nc21. The minimum absolute atomic E-state index is 0.00394. The molecule has 4 rings (SSSR count). The van der Waals surface area contributed by atoms with Crippen LogP contribution in [0.4, 0.5) is 8.78 Å². The largest absolute Gasteiger partial charge is 0.421 e. The Morgan fingerprint density at radius 3 is 2.54 bits per heavy atom. The van der Waals surface area contributed by atoms with E-state index in [0.29, 0.717) is 34.3 Å². The van der Waals surface area contributed by atoms with Gasteiger partial charge in [0.05, 0.1) is 16.1 Å². The number of hydrogen-bond donors (Lipinski definition) is 0. The van der Waals surface area contributed by atoms with Gasteiger partial charge < -0.3 is 9.47 Å². The van der Waals surface area contributed by atoms with Gasteiger partial charge in [-0.25, -0.2) is 26.2 Å². The summed E-state index contributed by atoms with van der Waals surface area (Å²) in [4.78, 5) is 8.72. The van der Waals surface area contributed by atoms with Gasteiger partial charge in [-0.15, -0.1) is 0 Å². The quantitative estimate of drug-likeness (QED) is 0.256. The molecule has 0 spiro atoms. The second-order valence-corrected chi connectivity index (χ2v) is 10.8. The lowest BCUT2D eigenvalue weighted by Gasteiger charge is -2.13. The second kappa shape index (κ2) is 11.1. The first kappa shape index (κ1) is 26.9. The molecule has 0 bridgehead atoms. The molecule has 0 aliphatic rings. The Balaban J connectivity index is 1.96. The minimum atomic E-state index is -3.80. The van der Waals surface area contributed by atoms with Crippen LogP contribution in [0.15, 0.2) is 42.5 Å². The lowest BCUT2D eigenvalue weighted by molar-refractivity contribution is 0.0720. The van der Waals surface area contributed by atoms with E-state index >= 15 is 0 Å². The van der Waals surface area contributed by atoms with Crippen molar-refractivity contribution in [2.24, 2.45) is 0 Å². The van der Waals surface area contributed by atoms with Gasteiger partial charge in [-0.1, -0.05) is 36.7 Å². The van der Waals surface area contributed by atoms with Crippen molar-refractivity contribution in [1.82, 2.24) is 24.1 Å². The number of sulfonamides is 1. The molecule has 0 radical (unpaired) electrons. The Labute approximate surface area is 217 Å². The topological polar surface area (TPSA) is 99.4 Å². The molecule has 0 unspecified atom stereocenters. The predicted octanol–water partition coefficient (Wildman–Crippen LogP) is 4.99. The van der Waals surface area contributed by atoms with E-state index in [0.717, 1.165) is 22.9 Å². The summed E-state index contributed by atoms with van der Waals surface area (Å²) < 4.78 is 67.1. The lowest BCUT2D eigenvalue weighted by atomic mass is 10.1. The van der Waals surface area contributed by atoms with Crippen molar-refractivity contribution < 1.29 is 26.7 Å². The molecule has 0 atom stereocenters. The molecule has 37 heavy (non-hydrogen) atoms. The van der Waals surface area contributed by atoms with Crippen LogP contribution < -0.4 is 4.74 Å². The normalized spacial score (nSPS) is 12.0. The number of hydrogen-bond acceptors (Lipinski definition) is 7. The smallest absolute Gasteiger partial charge is 0.324 e. The zero-order chi connectivity index (χ0) is 26.7. The Morgan fingerprint density at radius 1 is 1.11 bits per heavy atom. The third-order valence-corrected chi connectivity index (χ3v) is 7.39. The van der Waals surface area contributed by atoms with Gasteiger partial charge in [0.1, 0.15) is 24.0 Å². The fourth-order valence-corrected chi connectivity index (χ4v) is 4.49. The van der Waals surface area contributed by atoms with E-state index in [-0.39, 0.29) is 29.8 Å². The molecule has 2 aromatic heterocycles. The molecule has 0 amide bonds. The van der Waals surface area contributed by atoms with Gasteiger partial charge in [-0.05, 0) is 24.6 Å². The fourth-order valence-electron chi connectivity index (χ4n) is 3.45. The highest BCUT2D eigenvalue weighted by molar-refractivity contribution is 7.88. The maximum atomic E-state index is 14.3. The van der Waals surface area contributed by atoms with E-state index in [1.165, 1.54) is 18.8 Å². The highest BCUT2D eigenvalue weighted by atomic mass is 35.5. The number of aromatic nitrogens is 4. The Kier molecular flexibility index (Phi) is 8.02. The third-order valence-electron chi connectivity index (χ3n) is 5.31. The molecule has 13 heteroatoms. The van der Waals surface area contributed by atoms with E-state index in [1.54, 1.807) is 24.3 Å². The molecule has 2 aromatic carbocycles. The van der Waals surface area contributed by atoms with Crippen LogP contribution in [0.25, 0.3) is 22.3 Å². The van der Waals surface area contributed by atoms with Crippen molar-refractivity contribution in [1.29, 1.82) is 0 Å². The number of nitrogens with zero attached hydrogens (tertiary/aromatic N) is 5. The summed E-state index contributed by atoms with van der Waals surface area (Å²) >= 11 is 6.46. The molecular formula is C24H24ClF2N5O4S. The van der Waals surface area contributed by atoms with Crippen LogP contribution in [0.2, 0.25) is 5.02 Å². The minimum Gasteiger partial charge on any atom is -0.421 e. The Hall–Kier alpha value is -3.19. The van der Waals surface area contributed by atoms with Crippen LogP contribution in [-0.2, 0) is 27.2 Å². The first-order chi connectivity index (χ1) is 17.6. The van der Waals surface area contributed by atoms with Crippen molar-refractivity contribution in [3.8, 4) is 23.0 Å². The molecule has 0 aliphatic carbocycles. The van der Waals surface area contributed by atoms with Crippen molar-refractivity contribution in [3.05, 3.63) is 64.8 Å². The van der Waals surface area contributed by atoms with Crippen LogP contribution >= 0.6 is 11.6 Å². The fraction of sp³-hybridized carbons (Fsp3) is 0.292. The van der Waals surface area contributed by atoms with Gasteiger partial charge in [0.2, 0.25) is 10.0 Å². The maximum Gasteiger partial charge on any atom is 0.324 e. The summed E-state index contributed by atoms with van der Waals surface area (Å²) in [5.41, 5.74) is 1.15. The molecule has 4 aromatic rings. The molecule has 0 saturated heterocycles. The van der Waals surface area contributed by atoms with Gasteiger partial charge in [0.15, 0.2) is 17.2 Å². The van der Waals surface area contributed by atoms with Gasteiger partial charge in [0, 0.05) is 32.3 Å². The standard InChI is InChI=1S/C24H24ClF2N5O4S/c1-4-11-35-14-32-23-21(22(30-32)16-7-5-6-8-17(16)25)19(13-37(33,34)31(2)3)28-24(29-23)36-20-10-9-15(26)12-18(20)27/h5-10,12H,4,11,13-14H2,1-3H3. The average molecular weight is 552 g/mol. The molecular weight excluding hydrogens is 528 g/mol.